The highest BCUT2D eigenvalue weighted by Gasteiger charge is 2.32. The highest BCUT2D eigenvalue weighted by atomic mass is 19.2. The van der Waals surface area contributed by atoms with Crippen LogP contribution < -0.4 is 10.3 Å². The van der Waals surface area contributed by atoms with Crippen molar-refractivity contribution in [3.05, 3.63) is 65.0 Å². The third-order valence-corrected chi connectivity index (χ3v) is 4.23. The van der Waals surface area contributed by atoms with Crippen molar-refractivity contribution in [1.29, 1.82) is 0 Å². The number of carbonyl (C=O) groups excluding carboxylic acids is 2. The Bertz CT molecular complexity index is 983. The van der Waals surface area contributed by atoms with Crippen molar-refractivity contribution < 1.29 is 31.5 Å². The number of halogens is 5. The smallest absolute Gasteiger partial charge is 0.267 e. The minimum absolute atomic E-state index is 0.00261. The normalized spacial score (nSPS) is 14.0. The van der Waals surface area contributed by atoms with Crippen molar-refractivity contribution in [3.8, 4) is 0 Å². The number of nitrogens with zero attached hydrogens (tertiary/aromatic N) is 2. The van der Waals surface area contributed by atoms with E-state index < -0.39 is 46.6 Å². The Labute approximate surface area is 161 Å². The summed E-state index contributed by atoms with van der Waals surface area (Å²) >= 11 is 0. The lowest BCUT2D eigenvalue weighted by atomic mass is 10.1. The summed E-state index contributed by atoms with van der Waals surface area (Å²) in [6, 6.07) is 5.98. The Kier molecular flexibility index (Phi) is 5.90. The molecule has 0 aromatic heterocycles. The molecule has 2 amide bonds. The molecule has 1 aliphatic rings. The zero-order valence-corrected chi connectivity index (χ0v) is 14.8. The average molecular weight is 411 g/mol. The van der Waals surface area contributed by atoms with Crippen LogP contribution in [0, 0.1) is 29.1 Å². The van der Waals surface area contributed by atoms with Crippen LogP contribution >= 0.6 is 0 Å². The third-order valence-electron chi connectivity index (χ3n) is 4.23. The molecule has 1 aliphatic heterocycles. The summed E-state index contributed by atoms with van der Waals surface area (Å²) in [7, 11) is 0. The molecule has 10 heteroatoms. The van der Waals surface area contributed by atoms with Crippen molar-refractivity contribution in [2.24, 2.45) is 5.10 Å². The number of hydrazone groups is 1. The summed E-state index contributed by atoms with van der Waals surface area (Å²) in [6.45, 7) is 0.0318. The van der Waals surface area contributed by atoms with Gasteiger partial charge in [0.2, 0.25) is 5.91 Å². The first-order valence-electron chi connectivity index (χ1n) is 8.54. The van der Waals surface area contributed by atoms with E-state index in [1.165, 1.54) is 12.1 Å². The monoisotopic (exact) mass is 411 g/mol. The predicted molar refractivity (Wildman–Crippen MR) is 93.5 cm³/mol. The maximum atomic E-state index is 14.0. The maximum Gasteiger partial charge on any atom is 0.267 e. The molecule has 2 aromatic rings. The van der Waals surface area contributed by atoms with Crippen LogP contribution in [0.4, 0.5) is 27.6 Å². The number of amides is 2. The molecule has 0 fully saturated rings. The van der Waals surface area contributed by atoms with E-state index in [1.54, 1.807) is 12.1 Å². The van der Waals surface area contributed by atoms with Crippen molar-refractivity contribution in [3.63, 3.8) is 0 Å². The SMILES string of the molecule is O=C(NCCc1ccccc1F)C1=NN(c2c(F)c(F)cc(F)c2F)C(=O)CC1. The first-order chi connectivity index (χ1) is 13.8. The Morgan fingerprint density at radius 3 is 2.31 bits per heavy atom. The first-order valence-corrected chi connectivity index (χ1v) is 8.54. The molecule has 0 saturated heterocycles. The Morgan fingerprint density at radius 2 is 1.66 bits per heavy atom. The molecule has 0 spiro atoms. The Morgan fingerprint density at radius 1 is 1.00 bits per heavy atom. The first kappa shape index (κ1) is 20.4. The van der Waals surface area contributed by atoms with E-state index in [-0.39, 0.29) is 42.6 Å². The molecule has 0 atom stereocenters. The molecule has 0 aliphatic carbocycles. The van der Waals surface area contributed by atoms with Crippen LogP contribution in [-0.2, 0) is 16.0 Å². The summed E-state index contributed by atoms with van der Waals surface area (Å²) in [6.07, 6.45) is -0.314. The molecular weight excluding hydrogens is 397 g/mol. The molecule has 5 nitrogen and oxygen atoms in total. The van der Waals surface area contributed by atoms with Crippen LogP contribution in [0.25, 0.3) is 0 Å². The van der Waals surface area contributed by atoms with E-state index in [0.29, 0.717) is 5.56 Å². The van der Waals surface area contributed by atoms with E-state index in [2.05, 4.69) is 10.4 Å². The van der Waals surface area contributed by atoms with Gasteiger partial charge in [-0.05, 0) is 18.1 Å². The van der Waals surface area contributed by atoms with Crippen molar-refractivity contribution >= 4 is 23.2 Å². The Hall–Kier alpha value is -3.30. The molecule has 0 saturated carbocycles. The fourth-order valence-electron chi connectivity index (χ4n) is 2.75. The summed E-state index contributed by atoms with van der Waals surface area (Å²) in [5.74, 6) is -9.14. The lowest BCUT2D eigenvalue weighted by molar-refractivity contribution is -0.119. The van der Waals surface area contributed by atoms with E-state index in [1.807, 2.05) is 0 Å². The summed E-state index contributed by atoms with van der Waals surface area (Å²) < 4.78 is 68.4. The van der Waals surface area contributed by atoms with Crippen molar-refractivity contribution in [1.82, 2.24) is 5.32 Å². The quantitative estimate of drug-likeness (QED) is 0.607. The predicted octanol–water partition coefficient (Wildman–Crippen LogP) is 3.22. The molecule has 29 heavy (non-hydrogen) atoms. The van der Waals surface area contributed by atoms with Crippen LogP contribution in [0.5, 0.6) is 0 Å². The second-order valence-corrected chi connectivity index (χ2v) is 6.17. The average Bonchev–Trinajstić information content (AvgIpc) is 2.69. The van der Waals surface area contributed by atoms with E-state index in [9.17, 15) is 31.5 Å². The molecule has 2 aromatic carbocycles. The van der Waals surface area contributed by atoms with Crippen LogP contribution in [-0.4, -0.2) is 24.1 Å². The topological polar surface area (TPSA) is 61.8 Å². The van der Waals surface area contributed by atoms with Crippen LogP contribution in [0.1, 0.15) is 18.4 Å². The molecule has 0 unspecified atom stereocenters. The molecule has 1 N–H and O–H groups in total. The van der Waals surface area contributed by atoms with Crippen molar-refractivity contribution in [2.45, 2.75) is 19.3 Å². The highest BCUT2D eigenvalue weighted by molar-refractivity contribution is 6.40. The fraction of sp³-hybridized carbons (Fsp3) is 0.211. The molecule has 1 heterocycles. The highest BCUT2D eigenvalue weighted by Crippen LogP contribution is 2.30. The van der Waals surface area contributed by atoms with Gasteiger partial charge >= 0.3 is 0 Å². The Balaban J connectivity index is 1.78. The minimum Gasteiger partial charge on any atom is -0.351 e. The van der Waals surface area contributed by atoms with E-state index >= 15 is 0 Å². The van der Waals surface area contributed by atoms with Gasteiger partial charge in [-0.15, -0.1) is 0 Å². The largest absolute Gasteiger partial charge is 0.351 e. The third kappa shape index (κ3) is 4.25. The van der Waals surface area contributed by atoms with Crippen LogP contribution in [0.3, 0.4) is 0 Å². The standard InChI is InChI=1S/C19H14F5N3O2/c20-11-4-2-1-3-10(11)7-8-25-19(29)14-5-6-15(28)27(26-14)18-16(23)12(21)9-13(22)17(18)24/h1-4,9H,5-8H2,(H,25,29). The van der Waals surface area contributed by atoms with Gasteiger partial charge in [-0.3, -0.25) is 9.59 Å². The summed E-state index contributed by atoms with van der Waals surface area (Å²) in [5.41, 5.74) is -1.22. The van der Waals surface area contributed by atoms with E-state index in [4.69, 9.17) is 0 Å². The second kappa shape index (κ2) is 8.38. The molecule has 0 radical (unpaired) electrons. The maximum absolute atomic E-state index is 14.0. The lowest BCUT2D eigenvalue weighted by Gasteiger charge is -2.24. The molecule has 3 rings (SSSR count). The van der Waals surface area contributed by atoms with Gasteiger partial charge in [-0.2, -0.15) is 10.1 Å². The fourth-order valence-corrected chi connectivity index (χ4v) is 2.75. The number of carbonyl (C=O) groups is 2. The zero-order valence-electron chi connectivity index (χ0n) is 14.8. The van der Waals surface area contributed by atoms with Gasteiger partial charge in [-0.25, -0.2) is 22.0 Å². The van der Waals surface area contributed by atoms with Crippen molar-refractivity contribution in [2.75, 3.05) is 11.6 Å². The van der Waals surface area contributed by atoms with E-state index in [0.717, 1.165) is 0 Å². The zero-order chi connectivity index (χ0) is 21.1. The number of hydrogen-bond donors (Lipinski definition) is 1. The molecule has 152 valence electrons. The van der Waals surface area contributed by atoms with Gasteiger partial charge in [-0.1, -0.05) is 18.2 Å². The number of benzene rings is 2. The second-order valence-electron chi connectivity index (χ2n) is 6.17. The van der Waals surface area contributed by atoms with Gasteiger partial charge in [0.05, 0.1) is 0 Å². The van der Waals surface area contributed by atoms with Crippen LogP contribution in [0.15, 0.2) is 35.4 Å². The number of rotatable bonds is 5. The molecular formula is C19H14F5N3O2. The van der Waals surface area contributed by atoms with Gasteiger partial charge in [0, 0.05) is 25.5 Å². The lowest BCUT2D eigenvalue weighted by Crippen LogP contribution is -2.40. The van der Waals surface area contributed by atoms with Crippen LogP contribution in [0.2, 0.25) is 0 Å². The summed E-state index contributed by atoms with van der Waals surface area (Å²) in [5, 5.41) is 6.18. The van der Waals surface area contributed by atoms with Gasteiger partial charge in [0.15, 0.2) is 23.3 Å². The number of anilines is 1. The van der Waals surface area contributed by atoms with Gasteiger partial charge < -0.3 is 5.32 Å². The van der Waals surface area contributed by atoms with Gasteiger partial charge in [0.25, 0.3) is 5.91 Å². The van der Waals surface area contributed by atoms with Gasteiger partial charge in [0.1, 0.15) is 17.2 Å². The summed E-state index contributed by atoms with van der Waals surface area (Å²) in [4.78, 5) is 24.2. The minimum atomic E-state index is -1.80. The number of nitrogens with one attached hydrogen (secondary N) is 1. The number of hydrogen-bond acceptors (Lipinski definition) is 3. The molecule has 0 bridgehead atoms.